The number of carboxylic acid groups (broad SMARTS) is 3. The Morgan fingerprint density at radius 2 is 0.877 bits per heavy atom. The van der Waals surface area contributed by atoms with Gasteiger partial charge in [-0.3, -0.25) is 19.2 Å². The first-order chi connectivity index (χ1) is 39.1. The molecular weight excluding hydrogens is 1040 g/mol. The van der Waals surface area contributed by atoms with Crippen LogP contribution in [0.1, 0.15) is 57.4 Å². The summed E-state index contributed by atoms with van der Waals surface area (Å²) in [5, 5.41) is 60.5. The number of carboxylic acids is 3. The molecule has 402 valence electrons. The van der Waals surface area contributed by atoms with E-state index in [1.165, 1.54) is 72.8 Å². The number of aliphatic hydroxyl groups is 1. The van der Waals surface area contributed by atoms with Crippen molar-refractivity contribution in [2.75, 3.05) is 0 Å². The topological polar surface area (TPSA) is 280 Å². The number of phenols is 2. The second-order valence-corrected chi connectivity index (χ2v) is 17.9. The lowest BCUT2D eigenvalue weighted by Gasteiger charge is -2.18. The summed E-state index contributed by atoms with van der Waals surface area (Å²) in [5.74, 6) is -2.39. The lowest BCUT2D eigenvalue weighted by Crippen LogP contribution is -2.24. The lowest BCUT2D eigenvalue weighted by atomic mass is 9.90. The quantitative estimate of drug-likeness (QED) is 0.0809. The highest BCUT2D eigenvalue weighted by Gasteiger charge is 2.25. The predicted octanol–water partition coefficient (Wildman–Crippen LogP) is 12.2. The average molecular weight is 1080 g/mol. The van der Waals surface area contributed by atoms with Gasteiger partial charge in [0.15, 0.2) is 21.7 Å². The van der Waals surface area contributed by atoms with Crippen LogP contribution >= 0.6 is 0 Å². The zero-order valence-electron chi connectivity index (χ0n) is 43.2. The van der Waals surface area contributed by atoms with Crippen molar-refractivity contribution in [1.82, 2.24) is 0 Å². The Labute approximate surface area is 457 Å². The molecule has 81 heavy (non-hydrogen) atoms. The third-order valence-electron chi connectivity index (χ3n) is 13.2. The monoisotopic (exact) mass is 1080 g/mol. The second-order valence-electron chi connectivity index (χ2n) is 17.9. The van der Waals surface area contributed by atoms with E-state index in [9.17, 15) is 64.2 Å². The van der Waals surface area contributed by atoms with Gasteiger partial charge in [0.25, 0.3) is 0 Å². The molecule has 7 aromatic carbocycles. The van der Waals surface area contributed by atoms with Crippen LogP contribution < -0.4 is 26.9 Å². The van der Waals surface area contributed by atoms with Crippen molar-refractivity contribution in [3.63, 3.8) is 0 Å². The fourth-order valence-electron chi connectivity index (χ4n) is 9.77. The van der Waals surface area contributed by atoms with E-state index in [1.807, 2.05) is 20.8 Å². The van der Waals surface area contributed by atoms with E-state index in [-0.39, 0.29) is 60.9 Å². The summed E-state index contributed by atoms with van der Waals surface area (Å²) in [6, 6.07) is 43.6. The van der Waals surface area contributed by atoms with Gasteiger partial charge < -0.3 is 43.9 Å². The van der Waals surface area contributed by atoms with E-state index in [0.717, 1.165) is 0 Å². The number of benzene rings is 9. The van der Waals surface area contributed by atoms with Crippen LogP contribution in [0.25, 0.3) is 106 Å². The van der Waals surface area contributed by atoms with Crippen molar-refractivity contribution in [2.24, 2.45) is 0 Å². The largest absolute Gasteiger partial charge is 0.515 e. The molecule has 8 aromatic rings. The van der Waals surface area contributed by atoms with Gasteiger partial charge in [0.2, 0.25) is 0 Å². The molecule has 0 atom stereocenters. The third-order valence-corrected chi connectivity index (χ3v) is 13.2. The van der Waals surface area contributed by atoms with Crippen molar-refractivity contribution in [3.05, 3.63) is 238 Å². The van der Waals surface area contributed by atoms with Crippen LogP contribution in [0.5, 0.6) is 11.5 Å². The molecule has 4 aliphatic rings. The number of aliphatic hydroxyl groups excluding tert-OH is 1. The standard InChI is InChI=1S/C22H16O5.C21H12O6.C20H12O5.C2H6/c1-2-13-18(24)10-9-17-20(14-5-3-4-6-15(14)22(25)26)16-8-7-12(23)11-19(16)27-21(13)17;22-10-16-17(24)8-7-15-19(12-3-1-2-4-13(12)21(25)26)14-6-5-11(23)9-18(14)27-20(15)16;21-11-5-7-15-17(9-11)25-18-10-12(22)6-8-16(18)19(15)13-3-1-2-4-14(13)20(23)24;1-2/h3-11,24H,2H2,1H3,(H,25,26);1-10,22H,(H,25,26);1-10,21H,(H,23,24);1-2H3. The van der Waals surface area contributed by atoms with E-state index in [0.29, 0.717) is 107 Å². The first-order valence-electron chi connectivity index (χ1n) is 25.1. The first kappa shape index (κ1) is 54.7. The molecule has 0 bridgehead atoms. The Kier molecular flexibility index (Phi) is 15.4. The zero-order valence-corrected chi connectivity index (χ0v) is 43.2. The van der Waals surface area contributed by atoms with Gasteiger partial charge in [-0.05, 0) is 114 Å². The molecule has 0 saturated carbocycles. The van der Waals surface area contributed by atoms with Gasteiger partial charge in [-0.1, -0.05) is 75.4 Å². The van der Waals surface area contributed by atoms with Gasteiger partial charge in [0.1, 0.15) is 45.4 Å². The van der Waals surface area contributed by atoms with E-state index >= 15 is 0 Å². The lowest BCUT2D eigenvalue weighted by molar-refractivity contribution is 0.0687. The number of fused-ring (bicyclic) bond motifs is 6. The highest BCUT2D eigenvalue weighted by molar-refractivity contribution is 6.13. The Morgan fingerprint density at radius 1 is 0.444 bits per heavy atom. The SMILES string of the molecule is CC.CCc1c(O)ccc2c(-c3ccccc3C(=O)O)c3ccc(=O)cc-3oc12.O=C(O)c1ccccc1-c1c2ccc(=O)cc-2oc2cc(O)ccc12.O=C(O)c1ccccc1-c1c2ccc(=O)cc2oc2c(=CO)c(=O)ccc12. The summed E-state index contributed by atoms with van der Waals surface area (Å²) in [4.78, 5) is 82.6. The molecule has 0 fully saturated rings. The van der Waals surface area contributed by atoms with E-state index in [2.05, 4.69) is 0 Å². The highest BCUT2D eigenvalue weighted by atomic mass is 16.4. The first-order valence-corrected chi connectivity index (χ1v) is 25.1. The van der Waals surface area contributed by atoms with Crippen LogP contribution in [-0.4, -0.2) is 48.5 Å². The minimum atomic E-state index is -1.11. The smallest absolute Gasteiger partial charge is 0.336 e. The minimum Gasteiger partial charge on any atom is -0.515 e. The van der Waals surface area contributed by atoms with Crippen LogP contribution in [0.4, 0.5) is 0 Å². The number of aromatic carboxylic acids is 3. The number of phenolic OH excluding ortho intramolecular Hbond substituents is 2. The number of hydrogen-bond acceptors (Lipinski definition) is 13. The molecular formula is C65H46O16. The molecule has 16 nitrogen and oxygen atoms in total. The summed E-state index contributed by atoms with van der Waals surface area (Å²) < 4.78 is 17.5. The average Bonchev–Trinajstić information content (AvgIpc) is 3.48. The van der Waals surface area contributed by atoms with Crippen LogP contribution in [-0.2, 0) is 6.42 Å². The maximum atomic E-state index is 12.1. The molecule has 0 saturated heterocycles. The van der Waals surface area contributed by atoms with Crippen molar-refractivity contribution >= 4 is 68.0 Å². The van der Waals surface area contributed by atoms with Gasteiger partial charge in [0.05, 0.1) is 28.2 Å². The molecule has 1 aromatic heterocycles. The van der Waals surface area contributed by atoms with Gasteiger partial charge in [-0.2, -0.15) is 0 Å². The predicted molar refractivity (Wildman–Crippen MR) is 308 cm³/mol. The summed E-state index contributed by atoms with van der Waals surface area (Å²) >= 11 is 0. The number of rotatable bonds is 7. The van der Waals surface area contributed by atoms with Crippen LogP contribution in [0, 0.1) is 0 Å². The Balaban J connectivity index is 0.000000145. The number of carbonyl (C=O) groups is 3. The van der Waals surface area contributed by atoms with Crippen LogP contribution in [0.3, 0.4) is 0 Å². The van der Waals surface area contributed by atoms with Crippen LogP contribution in [0.2, 0.25) is 0 Å². The molecule has 12 rings (SSSR count). The summed E-state index contributed by atoms with van der Waals surface area (Å²) in [6.45, 7) is 5.89. The van der Waals surface area contributed by atoms with E-state index in [4.69, 9.17) is 13.3 Å². The molecule has 0 spiro atoms. The molecule has 16 heteroatoms. The normalized spacial score (nSPS) is 11.2. The van der Waals surface area contributed by atoms with Crippen molar-refractivity contribution in [2.45, 2.75) is 27.2 Å². The summed E-state index contributed by atoms with van der Waals surface area (Å²) in [6.07, 6.45) is 1.17. The summed E-state index contributed by atoms with van der Waals surface area (Å²) in [7, 11) is 0. The zero-order chi connectivity index (χ0) is 57.8. The van der Waals surface area contributed by atoms with Gasteiger partial charge in [-0.15, -0.1) is 0 Å². The Hall–Kier alpha value is -11.1. The number of hydrogen-bond donors (Lipinski definition) is 6. The summed E-state index contributed by atoms with van der Waals surface area (Å²) in [5.41, 5.74) is 5.46. The molecule has 6 N–H and O–H groups in total. The highest BCUT2D eigenvalue weighted by Crippen LogP contribution is 2.45. The van der Waals surface area contributed by atoms with Crippen molar-refractivity contribution in [1.29, 1.82) is 0 Å². The van der Waals surface area contributed by atoms with Gasteiger partial charge >= 0.3 is 17.9 Å². The fraction of sp³-hybridized carbons (Fsp3) is 0.0615. The number of aromatic hydroxyl groups is 2. The fourth-order valence-corrected chi connectivity index (χ4v) is 9.77. The van der Waals surface area contributed by atoms with Crippen molar-refractivity contribution < 1.29 is 58.3 Å². The number of aryl methyl sites for hydroxylation is 1. The van der Waals surface area contributed by atoms with Gasteiger partial charge in [-0.25, -0.2) is 14.4 Å². The van der Waals surface area contributed by atoms with Crippen molar-refractivity contribution in [3.8, 4) is 67.5 Å². The molecule has 0 amide bonds. The molecule has 2 aliphatic carbocycles. The van der Waals surface area contributed by atoms with Gasteiger partial charge in [0, 0.05) is 79.2 Å². The Morgan fingerprint density at radius 3 is 1.42 bits per heavy atom. The molecule has 0 unspecified atom stereocenters. The molecule has 2 aliphatic heterocycles. The van der Waals surface area contributed by atoms with E-state index in [1.54, 1.807) is 97.1 Å². The molecule has 3 heterocycles. The Bertz CT molecular complexity index is 4720. The second kappa shape index (κ2) is 22.8. The maximum Gasteiger partial charge on any atom is 0.336 e. The maximum absolute atomic E-state index is 12.1. The third kappa shape index (κ3) is 10.4. The minimum absolute atomic E-state index is 0.0198. The molecule has 0 radical (unpaired) electrons. The van der Waals surface area contributed by atoms with Crippen LogP contribution in [0.15, 0.2) is 202 Å². The van der Waals surface area contributed by atoms with E-state index < -0.39 is 23.3 Å².